The lowest BCUT2D eigenvalue weighted by molar-refractivity contribution is 0.418. The van der Waals surface area contributed by atoms with E-state index in [1.54, 1.807) is 0 Å². The van der Waals surface area contributed by atoms with Gasteiger partial charge in [0.05, 0.1) is 6.20 Å². The first-order chi connectivity index (χ1) is 6.27. The van der Waals surface area contributed by atoms with Crippen LogP contribution in [0, 0.1) is 0 Å². The molecule has 2 heterocycles. The molecule has 2 rings (SSSR count). The van der Waals surface area contributed by atoms with Gasteiger partial charge in [0.25, 0.3) is 0 Å². The first kappa shape index (κ1) is 8.11. The summed E-state index contributed by atoms with van der Waals surface area (Å²) in [6.45, 7) is 0. The minimum absolute atomic E-state index is 0.268. The Morgan fingerprint density at radius 1 is 1.38 bits per heavy atom. The summed E-state index contributed by atoms with van der Waals surface area (Å²) >= 11 is 3.17. The predicted octanol–water partition coefficient (Wildman–Crippen LogP) is 0.871. The molecule has 0 aromatic carbocycles. The summed E-state index contributed by atoms with van der Waals surface area (Å²) in [6.07, 6.45) is 2.70. The van der Waals surface area contributed by atoms with Gasteiger partial charge in [0.15, 0.2) is 11.5 Å². The van der Waals surface area contributed by atoms with E-state index in [9.17, 15) is 0 Å². The fourth-order valence-electron chi connectivity index (χ4n) is 0.816. The van der Waals surface area contributed by atoms with E-state index >= 15 is 0 Å². The third-order valence-electron chi connectivity index (χ3n) is 1.34. The van der Waals surface area contributed by atoms with Crippen molar-refractivity contribution in [1.82, 2.24) is 20.1 Å². The number of nitrogen functional groups attached to an aromatic ring is 1. The highest BCUT2D eigenvalue weighted by atomic mass is 79.9. The molecule has 0 unspecified atom stereocenters. The topological polar surface area (TPSA) is 90.7 Å². The number of hydrogen-bond donors (Lipinski definition) is 1. The second-order valence-corrected chi connectivity index (χ2v) is 2.99. The van der Waals surface area contributed by atoms with Gasteiger partial charge in [-0.15, -0.1) is 0 Å². The predicted molar refractivity (Wildman–Crippen MR) is 47.4 cm³/mol. The van der Waals surface area contributed by atoms with E-state index in [0.29, 0.717) is 16.1 Å². The SMILES string of the molecule is Nc1ncc(Br)nc1-c1ncon1. The van der Waals surface area contributed by atoms with Crippen molar-refractivity contribution in [2.24, 2.45) is 0 Å². The molecule has 0 radical (unpaired) electrons. The lowest BCUT2D eigenvalue weighted by atomic mass is 10.4. The van der Waals surface area contributed by atoms with Crippen LogP contribution in [0.3, 0.4) is 0 Å². The highest BCUT2D eigenvalue weighted by Crippen LogP contribution is 2.19. The number of nitrogens with two attached hydrogens (primary N) is 1. The van der Waals surface area contributed by atoms with Crippen LogP contribution >= 0.6 is 15.9 Å². The van der Waals surface area contributed by atoms with Crippen molar-refractivity contribution in [2.45, 2.75) is 0 Å². The van der Waals surface area contributed by atoms with E-state index in [1.165, 1.54) is 12.6 Å². The Morgan fingerprint density at radius 3 is 2.92 bits per heavy atom. The average molecular weight is 242 g/mol. The van der Waals surface area contributed by atoms with Gasteiger partial charge in [-0.2, -0.15) is 4.98 Å². The van der Waals surface area contributed by atoms with Crippen LogP contribution in [0.25, 0.3) is 11.5 Å². The van der Waals surface area contributed by atoms with Crippen molar-refractivity contribution in [3.05, 3.63) is 17.2 Å². The Labute approximate surface area is 81.3 Å². The van der Waals surface area contributed by atoms with Crippen molar-refractivity contribution >= 4 is 21.7 Å². The maximum atomic E-state index is 5.56. The average Bonchev–Trinajstić information content (AvgIpc) is 2.61. The molecule has 0 atom stereocenters. The standard InChI is InChI=1S/C6H4BrN5O/c7-3-1-9-5(8)4(11-3)6-10-2-13-12-6/h1-2H,(H2,8,9). The Bertz CT molecular complexity index is 415. The molecule has 2 aromatic heterocycles. The molecule has 6 nitrogen and oxygen atoms in total. The zero-order valence-electron chi connectivity index (χ0n) is 6.31. The Morgan fingerprint density at radius 2 is 2.23 bits per heavy atom. The quantitative estimate of drug-likeness (QED) is 0.797. The minimum Gasteiger partial charge on any atom is -0.382 e. The van der Waals surface area contributed by atoms with Crippen molar-refractivity contribution in [1.29, 1.82) is 0 Å². The van der Waals surface area contributed by atoms with Gasteiger partial charge in [-0.25, -0.2) is 9.97 Å². The molecule has 7 heteroatoms. The zero-order valence-corrected chi connectivity index (χ0v) is 7.89. The highest BCUT2D eigenvalue weighted by molar-refractivity contribution is 9.10. The summed E-state index contributed by atoms with van der Waals surface area (Å²) in [6, 6.07) is 0. The van der Waals surface area contributed by atoms with Crippen LogP contribution < -0.4 is 5.73 Å². The first-order valence-corrected chi connectivity index (χ1v) is 4.11. The lowest BCUT2D eigenvalue weighted by Gasteiger charge is -1.97. The summed E-state index contributed by atoms with van der Waals surface area (Å²) in [5.41, 5.74) is 5.97. The third-order valence-corrected chi connectivity index (χ3v) is 1.73. The third kappa shape index (κ3) is 1.50. The molecule has 0 fully saturated rings. The van der Waals surface area contributed by atoms with Gasteiger partial charge in [0, 0.05) is 0 Å². The molecule has 0 spiro atoms. The van der Waals surface area contributed by atoms with Crippen LogP contribution in [0.4, 0.5) is 5.82 Å². The molecule has 0 aliphatic carbocycles. The fraction of sp³-hybridized carbons (Fsp3) is 0. The Hall–Kier alpha value is -1.50. The number of aromatic nitrogens is 4. The minimum atomic E-state index is 0.268. The Balaban J connectivity index is 2.57. The van der Waals surface area contributed by atoms with Gasteiger partial charge < -0.3 is 10.3 Å². The Kier molecular flexibility index (Phi) is 1.93. The molecular formula is C6H4BrN5O. The molecule has 2 N–H and O–H groups in total. The van der Waals surface area contributed by atoms with E-state index in [0.717, 1.165) is 0 Å². The molecule has 0 amide bonds. The van der Waals surface area contributed by atoms with Crippen LogP contribution in [-0.2, 0) is 0 Å². The molecule has 13 heavy (non-hydrogen) atoms. The molecule has 0 saturated carbocycles. The maximum absolute atomic E-state index is 5.56. The molecule has 0 aliphatic rings. The van der Waals surface area contributed by atoms with E-state index in [4.69, 9.17) is 5.73 Å². The normalized spacial score (nSPS) is 10.2. The monoisotopic (exact) mass is 241 g/mol. The maximum Gasteiger partial charge on any atom is 0.224 e. The van der Waals surface area contributed by atoms with Crippen LogP contribution in [-0.4, -0.2) is 20.1 Å². The summed E-state index contributed by atoms with van der Waals surface area (Å²) in [7, 11) is 0. The number of halogens is 1. The molecule has 0 saturated heterocycles. The fourth-order valence-corrected chi connectivity index (χ4v) is 1.10. The first-order valence-electron chi connectivity index (χ1n) is 3.32. The lowest BCUT2D eigenvalue weighted by Crippen LogP contribution is -1.98. The molecule has 66 valence electrons. The van der Waals surface area contributed by atoms with E-state index in [2.05, 4.69) is 40.6 Å². The number of hydrogen-bond acceptors (Lipinski definition) is 6. The van der Waals surface area contributed by atoms with Crippen LogP contribution in [0.1, 0.15) is 0 Å². The number of anilines is 1. The van der Waals surface area contributed by atoms with E-state index in [1.807, 2.05) is 0 Å². The summed E-state index contributed by atoms with van der Waals surface area (Å²) in [4.78, 5) is 11.7. The van der Waals surface area contributed by atoms with Crippen LogP contribution in [0.5, 0.6) is 0 Å². The molecular weight excluding hydrogens is 238 g/mol. The van der Waals surface area contributed by atoms with Crippen molar-refractivity contribution in [3.8, 4) is 11.5 Å². The van der Waals surface area contributed by atoms with Gasteiger partial charge in [-0.3, -0.25) is 0 Å². The largest absolute Gasteiger partial charge is 0.382 e. The van der Waals surface area contributed by atoms with Crippen molar-refractivity contribution in [3.63, 3.8) is 0 Å². The van der Waals surface area contributed by atoms with Crippen LogP contribution in [0.2, 0.25) is 0 Å². The summed E-state index contributed by atoms with van der Waals surface area (Å²) in [5, 5.41) is 3.60. The van der Waals surface area contributed by atoms with Crippen molar-refractivity contribution < 1.29 is 4.52 Å². The van der Waals surface area contributed by atoms with Crippen molar-refractivity contribution in [2.75, 3.05) is 5.73 Å². The smallest absolute Gasteiger partial charge is 0.224 e. The van der Waals surface area contributed by atoms with Crippen LogP contribution in [0.15, 0.2) is 21.7 Å². The van der Waals surface area contributed by atoms with Gasteiger partial charge in [-0.1, -0.05) is 5.16 Å². The van der Waals surface area contributed by atoms with E-state index < -0.39 is 0 Å². The molecule has 2 aromatic rings. The molecule has 0 bridgehead atoms. The van der Waals surface area contributed by atoms with Gasteiger partial charge in [-0.05, 0) is 15.9 Å². The second kappa shape index (κ2) is 3.09. The second-order valence-electron chi connectivity index (χ2n) is 2.18. The summed E-state index contributed by atoms with van der Waals surface area (Å²) < 4.78 is 5.13. The summed E-state index contributed by atoms with van der Waals surface area (Å²) in [5.74, 6) is 0.593. The number of nitrogens with zero attached hydrogens (tertiary/aromatic N) is 4. The highest BCUT2D eigenvalue weighted by Gasteiger charge is 2.10. The van der Waals surface area contributed by atoms with Gasteiger partial charge in [0.1, 0.15) is 4.60 Å². The van der Waals surface area contributed by atoms with Gasteiger partial charge in [0.2, 0.25) is 12.2 Å². The zero-order chi connectivity index (χ0) is 9.26. The number of rotatable bonds is 1. The van der Waals surface area contributed by atoms with E-state index in [-0.39, 0.29) is 5.82 Å². The molecule has 0 aliphatic heterocycles. The van der Waals surface area contributed by atoms with Gasteiger partial charge >= 0.3 is 0 Å².